The van der Waals surface area contributed by atoms with Crippen molar-refractivity contribution >= 4 is 5.82 Å². The Morgan fingerprint density at radius 2 is 2.00 bits per heavy atom. The molecule has 2 aromatic rings. The molecular weight excluding hydrogens is 344 g/mol. The van der Waals surface area contributed by atoms with Gasteiger partial charge in [0, 0.05) is 58.1 Å². The van der Waals surface area contributed by atoms with Gasteiger partial charge in [-0.25, -0.2) is 4.98 Å². The van der Waals surface area contributed by atoms with Gasteiger partial charge in [-0.1, -0.05) is 11.2 Å². The van der Waals surface area contributed by atoms with Crippen molar-refractivity contribution < 1.29 is 9.26 Å². The van der Waals surface area contributed by atoms with Crippen molar-refractivity contribution in [3.05, 3.63) is 36.1 Å². The number of aromatic nitrogens is 3. The molecule has 0 amide bonds. The maximum Gasteiger partial charge on any atom is 0.232 e. The summed E-state index contributed by atoms with van der Waals surface area (Å²) in [5.41, 5.74) is 0. The number of rotatable bonds is 5. The molecule has 5 heterocycles. The van der Waals surface area contributed by atoms with Crippen molar-refractivity contribution in [2.45, 2.75) is 24.9 Å². The minimum atomic E-state index is 0.283. The zero-order chi connectivity index (χ0) is 18.1. The summed E-state index contributed by atoms with van der Waals surface area (Å²) in [7, 11) is 0. The van der Waals surface area contributed by atoms with Gasteiger partial charge < -0.3 is 14.2 Å². The van der Waals surface area contributed by atoms with E-state index in [2.05, 4.69) is 42.0 Å². The molecule has 1 atom stereocenters. The Morgan fingerprint density at radius 3 is 2.74 bits per heavy atom. The zero-order valence-electron chi connectivity index (χ0n) is 15.5. The van der Waals surface area contributed by atoms with E-state index in [1.54, 1.807) is 0 Å². The van der Waals surface area contributed by atoms with E-state index in [1.165, 1.54) is 0 Å². The molecule has 0 radical (unpaired) electrons. The molecule has 5 rings (SSSR count). The number of piperazine rings is 1. The summed E-state index contributed by atoms with van der Waals surface area (Å²) in [6.07, 6.45) is 2.85. The van der Waals surface area contributed by atoms with E-state index in [-0.39, 0.29) is 5.92 Å². The predicted octanol–water partition coefficient (Wildman–Crippen LogP) is 0.975. The minimum Gasteiger partial charge on any atom is -0.381 e. The topological polar surface area (TPSA) is 70.8 Å². The molecule has 8 nitrogen and oxygen atoms in total. The number of anilines is 1. The lowest BCUT2D eigenvalue weighted by Crippen LogP contribution is -2.62. The fraction of sp³-hybridized carbons (Fsp3) is 0.632. The van der Waals surface area contributed by atoms with Crippen LogP contribution in [0.2, 0.25) is 0 Å². The Kier molecular flexibility index (Phi) is 4.77. The Hall–Kier alpha value is -2.03. The van der Waals surface area contributed by atoms with Crippen LogP contribution in [0.15, 0.2) is 28.9 Å². The molecule has 1 unspecified atom stereocenters. The third kappa shape index (κ3) is 3.69. The Labute approximate surface area is 159 Å². The number of likely N-dealkylation sites (tertiary alicyclic amines) is 1. The quantitative estimate of drug-likeness (QED) is 0.771. The van der Waals surface area contributed by atoms with E-state index < -0.39 is 0 Å². The van der Waals surface area contributed by atoms with Crippen molar-refractivity contribution in [3.8, 4) is 0 Å². The van der Waals surface area contributed by atoms with Gasteiger partial charge >= 0.3 is 0 Å². The normalized spacial score (nSPS) is 25.0. The molecule has 0 aliphatic carbocycles. The summed E-state index contributed by atoms with van der Waals surface area (Å²) in [6.45, 7) is 8.74. The minimum absolute atomic E-state index is 0.283. The second-order valence-corrected chi connectivity index (χ2v) is 7.67. The van der Waals surface area contributed by atoms with Crippen LogP contribution in [0.3, 0.4) is 0 Å². The van der Waals surface area contributed by atoms with Gasteiger partial charge in [0.25, 0.3) is 0 Å². The third-order valence-corrected chi connectivity index (χ3v) is 5.87. The van der Waals surface area contributed by atoms with Crippen LogP contribution in [-0.4, -0.2) is 83.4 Å². The maximum absolute atomic E-state index is 5.43. The molecule has 0 saturated carbocycles. The average molecular weight is 370 g/mol. The van der Waals surface area contributed by atoms with Gasteiger partial charge in [-0.2, -0.15) is 4.98 Å². The number of hydrogen-bond acceptors (Lipinski definition) is 8. The monoisotopic (exact) mass is 370 g/mol. The van der Waals surface area contributed by atoms with Gasteiger partial charge in [-0.3, -0.25) is 9.80 Å². The van der Waals surface area contributed by atoms with Gasteiger partial charge in [0.2, 0.25) is 5.89 Å². The van der Waals surface area contributed by atoms with Gasteiger partial charge in [-0.15, -0.1) is 0 Å². The first-order valence-corrected chi connectivity index (χ1v) is 9.88. The van der Waals surface area contributed by atoms with Crippen molar-refractivity contribution in [2.24, 2.45) is 0 Å². The van der Waals surface area contributed by atoms with Gasteiger partial charge in [0.15, 0.2) is 5.82 Å². The summed E-state index contributed by atoms with van der Waals surface area (Å²) in [5.74, 6) is 2.92. The molecule has 3 aliphatic heterocycles. The Balaban J connectivity index is 1.07. The van der Waals surface area contributed by atoms with Gasteiger partial charge in [0.05, 0.1) is 19.1 Å². The standard InChI is InChI=1S/C19H26N6O2/c1-2-5-20-18(3-1)25-8-6-24(7-9-25)16-11-23(12-16)13-17-21-19(27-22-17)15-4-10-26-14-15/h1-3,5,15-16H,4,6-14H2. The van der Waals surface area contributed by atoms with E-state index in [0.29, 0.717) is 12.6 Å². The van der Waals surface area contributed by atoms with Crippen LogP contribution in [0.4, 0.5) is 5.82 Å². The molecular formula is C19H26N6O2. The highest BCUT2D eigenvalue weighted by Gasteiger charge is 2.34. The third-order valence-electron chi connectivity index (χ3n) is 5.87. The van der Waals surface area contributed by atoms with E-state index in [0.717, 1.165) is 76.4 Å². The molecule has 3 aliphatic rings. The maximum atomic E-state index is 5.43. The molecule has 144 valence electrons. The SMILES string of the molecule is c1ccc(N2CCN(C3CN(Cc4noc(C5CCOC5)n4)C3)CC2)nc1. The molecule has 8 heteroatoms. The van der Waals surface area contributed by atoms with Crippen molar-refractivity contribution in [1.82, 2.24) is 24.9 Å². The lowest BCUT2D eigenvalue weighted by atomic mass is 10.1. The molecule has 0 bridgehead atoms. The Morgan fingerprint density at radius 1 is 1.11 bits per heavy atom. The first-order valence-electron chi connectivity index (χ1n) is 9.88. The molecule has 0 spiro atoms. The largest absolute Gasteiger partial charge is 0.381 e. The summed E-state index contributed by atoms with van der Waals surface area (Å²) in [4.78, 5) is 16.4. The summed E-state index contributed by atoms with van der Waals surface area (Å²) in [6, 6.07) is 6.77. The lowest BCUT2D eigenvalue weighted by molar-refractivity contribution is 0.0236. The molecule has 0 aromatic carbocycles. The highest BCUT2D eigenvalue weighted by molar-refractivity contribution is 5.38. The van der Waals surface area contributed by atoms with E-state index in [9.17, 15) is 0 Å². The van der Waals surface area contributed by atoms with E-state index in [4.69, 9.17) is 9.26 Å². The van der Waals surface area contributed by atoms with Crippen LogP contribution in [0.5, 0.6) is 0 Å². The summed E-state index contributed by atoms with van der Waals surface area (Å²) < 4.78 is 10.8. The van der Waals surface area contributed by atoms with Crippen LogP contribution in [0, 0.1) is 0 Å². The summed E-state index contributed by atoms with van der Waals surface area (Å²) in [5, 5.41) is 4.15. The number of hydrogen-bond donors (Lipinski definition) is 0. The molecule has 0 N–H and O–H groups in total. The smallest absolute Gasteiger partial charge is 0.232 e. The first kappa shape index (κ1) is 17.1. The molecule has 3 fully saturated rings. The van der Waals surface area contributed by atoms with Crippen LogP contribution in [0.25, 0.3) is 0 Å². The van der Waals surface area contributed by atoms with Crippen molar-refractivity contribution in [1.29, 1.82) is 0 Å². The van der Waals surface area contributed by atoms with Gasteiger partial charge in [-0.05, 0) is 18.6 Å². The molecule has 3 saturated heterocycles. The van der Waals surface area contributed by atoms with E-state index in [1.807, 2.05) is 12.3 Å². The highest BCUT2D eigenvalue weighted by Crippen LogP contribution is 2.25. The highest BCUT2D eigenvalue weighted by atomic mass is 16.5. The predicted molar refractivity (Wildman–Crippen MR) is 99.6 cm³/mol. The second kappa shape index (κ2) is 7.53. The zero-order valence-corrected chi connectivity index (χ0v) is 15.5. The van der Waals surface area contributed by atoms with Crippen molar-refractivity contribution in [3.63, 3.8) is 0 Å². The number of nitrogens with zero attached hydrogens (tertiary/aromatic N) is 6. The number of ether oxygens (including phenoxy) is 1. The Bertz CT molecular complexity index is 734. The summed E-state index contributed by atoms with van der Waals surface area (Å²) >= 11 is 0. The second-order valence-electron chi connectivity index (χ2n) is 7.67. The van der Waals surface area contributed by atoms with Crippen LogP contribution in [0.1, 0.15) is 24.1 Å². The number of pyridine rings is 1. The van der Waals surface area contributed by atoms with Crippen LogP contribution in [-0.2, 0) is 11.3 Å². The fourth-order valence-electron chi connectivity index (χ4n) is 4.19. The molecule has 27 heavy (non-hydrogen) atoms. The first-order chi connectivity index (χ1) is 13.3. The molecule has 2 aromatic heterocycles. The fourth-order valence-corrected chi connectivity index (χ4v) is 4.19. The van der Waals surface area contributed by atoms with Crippen molar-refractivity contribution in [2.75, 3.05) is 57.4 Å². The lowest BCUT2D eigenvalue weighted by Gasteiger charge is -2.48. The van der Waals surface area contributed by atoms with Crippen LogP contribution >= 0.6 is 0 Å². The van der Waals surface area contributed by atoms with E-state index >= 15 is 0 Å². The van der Waals surface area contributed by atoms with Gasteiger partial charge in [0.1, 0.15) is 5.82 Å². The average Bonchev–Trinajstić information content (AvgIpc) is 3.37. The van der Waals surface area contributed by atoms with Crippen LogP contribution < -0.4 is 4.90 Å².